The van der Waals surface area contributed by atoms with Crippen molar-refractivity contribution >= 4 is 11.9 Å². The lowest BCUT2D eigenvalue weighted by molar-refractivity contribution is -0.142. The molecule has 1 N–H and O–H groups in total. The number of halogens is 4. The molecule has 2 heterocycles. The highest BCUT2D eigenvalue weighted by Crippen LogP contribution is 2.45. The maximum Gasteiger partial charge on any atom is 0.413 e. The number of hydrogen-bond donors (Lipinski definition) is 1. The summed E-state index contributed by atoms with van der Waals surface area (Å²) in [7, 11) is 1.64. The van der Waals surface area contributed by atoms with Crippen LogP contribution in [0.5, 0.6) is 5.88 Å². The minimum absolute atomic E-state index is 0.147. The predicted molar refractivity (Wildman–Crippen MR) is 97.7 cm³/mol. The van der Waals surface area contributed by atoms with Crippen LogP contribution in [0.25, 0.3) is 11.3 Å². The second kappa shape index (κ2) is 7.77. The van der Waals surface area contributed by atoms with E-state index in [4.69, 9.17) is 4.74 Å². The number of carbonyl (C=O) groups excluding carboxylic acids is 1. The van der Waals surface area contributed by atoms with Gasteiger partial charge in [0.15, 0.2) is 0 Å². The molecule has 0 aromatic carbocycles. The van der Waals surface area contributed by atoms with Gasteiger partial charge in [0.05, 0.1) is 5.69 Å². The highest BCUT2D eigenvalue weighted by molar-refractivity contribution is 5.87. The molecule has 162 valence electrons. The quantitative estimate of drug-likeness (QED) is 0.675. The molecule has 2 aliphatic rings. The fourth-order valence-corrected chi connectivity index (χ4v) is 3.63. The first-order valence-electron chi connectivity index (χ1n) is 9.55. The van der Waals surface area contributed by atoms with Crippen molar-refractivity contribution in [2.24, 2.45) is 7.05 Å². The van der Waals surface area contributed by atoms with Crippen molar-refractivity contribution in [2.75, 3.05) is 5.32 Å². The van der Waals surface area contributed by atoms with E-state index in [0.29, 0.717) is 17.1 Å². The maximum absolute atomic E-state index is 13.0. The Morgan fingerprint density at radius 1 is 1.30 bits per heavy atom. The molecule has 1 amide bonds. The number of anilines is 1. The van der Waals surface area contributed by atoms with Gasteiger partial charge in [0.25, 0.3) is 5.92 Å². The summed E-state index contributed by atoms with van der Waals surface area (Å²) in [6.07, 6.45) is 1.61. The molecule has 4 rings (SSSR count). The molecular weight excluding hydrogens is 408 g/mol. The van der Waals surface area contributed by atoms with Crippen molar-refractivity contribution in [3.63, 3.8) is 0 Å². The normalized spacial score (nSPS) is 18.6. The van der Waals surface area contributed by atoms with Crippen LogP contribution >= 0.6 is 0 Å². The Balaban J connectivity index is 1.56. The number of alkyl halides is 4. The van der Waals surface area contributed by atoms with Crippen LogP contribution < -0.4 is 10.1 Å². The summed E-state index contributed by atoms with van der Waals surface area (Å²) in [6, 6.07) is 2.88. The van der Waals surface area contributed by atoms with E-state index in [1.165, 1.54) is 16.9 Å². The number of hydrogen-bond acceptors (Lipinski definition) is 5. The molecular formula is C19H20F4N4O3. The number of carbonyl (C=O) groups is 1. The van der Waals surface area contributed by atoms with Gasteiger partial charge in [-0.15, -0.1) is 0 Å². The van der Waals surface area contributed by atoms with Gasteiger partial charge in [0.2, 0.25) is 5.88 Å². The standard InChI is InChI=1S/C19H20F4N4O3/c1-27-16(25-18(28)29-12-7-19(22,23)8-12)14(10-3-2-4-10)15(26-27)11-5-6-13(24-9-11)30-17(20)21/h5-6,9-10,12,17H,2-4,7-8H2,1H3,(H,25,28). The number of aryl methyl sites for hydroxylation is 1. The van der Waals surface area contributed by atoms with Gasteiger partial charge in [0, 0.05) is 43.3 Å². The van der Waals surface area contributed by atoms with Gasteiger partial charge < -0.3 is 9.47 Å². The highest BCUT2D eigenvalue weighted by atomic mass is 19.3. The average Bonchev–Trinajstić information content (AvgIpc) is 2.89. The molecule has 0 aliphatic heterocycles. The van der Waals surface area contributed by atoms with Crippen molar-refractivity contribution in [2.45, 2.75) is 56.7 Å². The Kier molecular flexibility index (Phi) is 5.29. The molecule has 0 radical (unpaired) electrons. The van der Waals surface area contributed by atoms with Gasteiger partial charge in [-0.05, 0) is 24.8 Å². The van der Waals surface area contributed by atoms with Crippen molar-refractivity contribution < 1.29 is 31.8 Å². The summed E-state index contributed by atoms with van der Waals surface area (Å²) in [5.41, 5.74) is 1.92. The van der Waals surface area contributed by atoms with E-state index in [-0.39, 0.29) is 11.8 Å². The lowest BCUT2D eigenvalue weighted by atomic mass is 9.79. The second-order valence-electron chi connectivity index (χ2n) is 7.54. The third-order valence-electron chi connectivity index (χ3n) is 5.36. The molecule has 2 saturated carbocycles. The summed E-state index contributed by atoms with van der Waals surface area (Å²) in [5, 5.41) is 7.09. The zero-order valence-corrected chi connectivity index (χ0v) is 16.1. The fourth-order valence-electron chi connectivity index (χ4n) is 3.63. The molecule has 0 unspecified atom stereocenters. The Hall–Kier alpha value is -2.85. The summed E-state index contributed by atoms with van der Waals surface area (Å²) < 4.78 is 61.4. The molecule has 11 heteroatoms. The Morgan fingerprint density at radius 2 is 2.03 bits per heavy atom. The summed E-state index contributed by atoms with van der Waals surface area (Å²) in [4.78, 5) is 16.1. The topological polar surface area (TPSA) is 78.3 Å². The molecule has 0 saturated heterocycles. The second-order valence-corrected chi connectivity index (χ2v) is 7.54. The van der Waals surface area contributed by atoms with Crippen LogP contribution in [0.1, 0.15) is 43.6 Å². The Morgan fingerprint density at radius 3 is 2.57 bits per heavy atom. The molecule has 0 spiro atoms. The number of ether oxygens (including phenoxy) is 2. The molecule has 2 aromatic heterocycles. The van der Waals surface area contributed by atoms with Crippen LogP contribution in [-0.2, 0) is 11.8 Å². The highest BCUT2D eigenvalue weighted by Gasteiger charge is 2.47. The van der Waals surface area contributed by atoms with Crippen LogP contribution in [-0.4, -0.2) is 39.5 Å². The third kappa shape index (κ3) is 4.19. The maximum atomic E-state index is 13.0. The van der Waals surface area contributed by atoms with E-state index in [1.54, 1.807) is 13.1 Å². The van der Waals surface area contributed by atoms with Crippen LogP contribution in [0, 0.1) is 0 Å². The van der Waals surface area contributed by atoms with Crippen LogP contribution in [0.15, 0.2) is 18.3 Å². The minimum Gasteiger partial charge on any atom is -0.445 e. The van der Waals surface area contributed by atoms with E-state index < -0.39 is 37.6 Å². The van der Waals surface area contributed by atoms with Crippen LogP contribution in [0.2, 0.25) is 0 Å². The fraction of sp³-hybridized carbons (Fsp3) is 0.526. The molecule has 7 nitrogen and oxygen atoms in total. The summed E-state index contributed by atoms with van der Waals surface area (Å²) >= 11 is 0. The number of nitrogens with zero attached hydrogens (tertiary/aromatic N) is 3. The molecule has 0 bridgehead atoms. The van der Waals surface area contributed by atoms with Gasteiger partial charge >= 0.3 is 12.7 Å². The largest absolute Gasteiger partial charge is 0.445 e. The van der Waals surface area contributed by atoms with Gasteiger partial charge in [-0.2, -0.15) is 13.9 Å². The van der Waals surface area contributed by atoms with E-state index in [1.807, 2.05) is 0 Å². The smallest absolute Gasteiger partial charge is 0.413 e. The summed E-state index contributed by atoms with van der Waals surface area (Å²) in [6.45, 7) is -2.97. The number of aromatic nitrogens is 3. The van der Waals surface area contributed by atoms with Crippen LogP contribution in [0.3, 0.4) is 0 Å². The Labute approximate surface area is 169 Å². The van der Waals surface area contributed by atoms with E-state index in [2.05, 4.69) is 20.1 Å². The van der Waals surface area contributed by atoms with Crippen molar-refractivity contribution in [3.8, 4) is 17.1 Å². The molecule has 2 aliphatic carbocycles. The average molecular weight is 428 g/mol. The third-order valence-corrected chi connectivity index (χ3v) is 5.36. The number of nitrogens with one attached hydrogen (secondary N) is 1. The first-order valence-corrected chi connectivity index (χ1v) is 9.55. The van der Waals surface area contributed by atoms with Crippen molar-refractivity contribution in [1.29, 1.82) is 0 Å². The molecule has 30 heavy (non-hydrogen) atoms. The van der Waals surface area contributed by atoms with Gasteiger partial charge in [0.1, 0.15) is 11.9 Å². The molecule has 2 aromatic rings. The van der Waals surface area contributed by atoms with Gasteiger partial charge in [-0.3, -0.25) is 10.00 Å². The number of amides is 1. The predicted octanol–water partition coefficient (Wildman–Crippen LogP) is 4.70. The Bertz CT molecular complexity index is 921. The van der Waals surface area contributed by atoms with Crippen molar-refractivity contribution in [1.82, 2.24) is 14.8 Å². The zero-order valence-electron chi connectivity index (χ0n) is 16.1. The van der Waals surface area contributed by atoms with E-state index in [9.17, 15) is 22.4 Å². The first kappa shape index (κ1) is 20.4. The van der Waals surface area contributed by atoms with Gasteiger partial charge in [-0.25, -0.2) is 18.6 Å². The molecule has 0 atom stereocenters. The number of rotatable bonds is 6. The lowest BCUT2D eigenvalue weighted by Crippen LogP contribution is -2.43. The van der Waals surface area contributed by atoms with E-state index in [0.717, 1.165) is 24.8 Å². The monoisotopic (exact) mass is 428 g/mol. The van der Waals surface area contributed by atoms with Gasteiger partial charge in [-0.1, -0.05) is 6.42 Å². The lowest BCUT2D eigenvalue weighted by Gasteiger charge is -2.34. The molecule has 2 fully saturated rings. The van der Waals surface area contributed by atoms with E-state index >= 15 is 0 Å². The van der Waals surface area contributed by atoms with Crippen molar-refractivity contribution in [3.05, 3.63) is 23.9 Å². The van der Waals surface area contributed by atoms with Crippen LogP contribution in [0.4, 0.5) is 28.2 Å². The first-order chi connectivity index (χ1) is 14.2. The SMILES string of the molecule is Cn1nc(-c2ccc(OC(F)F)nc2)c(C2CCC2)c1NC(=O)OC1CC(F)(F)C1. The summed E-state index contributed by atoms with van der Waals surface area (Å²) in [5.74, 6) is -2.43. The number of pyridine rings is 1. The minimum atomic E-state index is -2.97. The zero-order chi connectivity index (χ0) is 21.5.